The lowest BCUT2D eigenvalue weighted by Crippen LogP contribution is -3.05. The first kappa shape index (κ1) is 16.9. The third kappa shape index (κ3) is 3.50. The van der Waals surface area contributed by atoms with Crippen molar-refractivity contribution in [2.24, 2.45) is 14.1 Å². The number of nitrogens with zero attached hydrogens (tertiary/aromatic N) is 4. The zero-order valence-corrected chi connectivity index (χ0v) is 13.9. The van der Waals surface area contributed by atoms with E-state index >= 15 is 0 Å². The summed E-state index contributed by atoms with van der Waals surface area (Å²) in [5, 5.41) is 2.82. The maximum atomic E-state index is 12.3. The van der Waals surface area contributed by atoms with Crippen LogP contribution in [0.2, 0.25) is 0 Å². The Hall–Kier alpha value is -2.42. The minimum atomic E-state index is -0.454. The monoisotopic (exact) mass is 323 g/mol. The maximum absolute atomic E-state index is 12.3. The molecule has 9 nitrogen and oxygen atoms in total. The molecule has 2 rings (SSSR count). The van der Waals surface area contributed by atoms with Crippen molar-refractivity contribution in [3.05, 3.63) is 27.2 Å². The van der Waals surface area contributed by atoms with Crippen LogP contribution in [-0.2, 0) is 25.4 Å². The molecule has 0 aromatic carbocycles. The standard InChI is InChI=1S/C14H22N6O3/c1-17(2)7-5-6-15-10(21)8-20-9-16-12-11(20)13(22)19(4)14(23)18(12)3/h9H,5-8H2,1-4H3,(H,15,21)/p+1. The van der Waals surface area contributed by atoms with Gasteiger partial charge >= 0.3 is 5.69 Å². The minimum absolute atomic E-state index is 0.00122. The summed E-state index contributed by atoms with van der Waals surface area (Å²) < 4.78 is 3.78. The maximum Gasteiger partial charge on any atom is 0.332 e. The molecule has 0 spiro atoms. The molecular weight excluding hydrogens is 300 g/mol. The third-order valence-electron chi connectivity index (χ3n) is 3.71. The summed E-state index contributed by atoms with van der Waals surface area (Å²) in [6.07, 6.45) is 2.30. The first-order chi connectivity index (χ1) is 10.8. The Morgan fingerprint density at radius 3 is 2.61 bits per heavy atom. The van der Waals surface area contributed by atoms with Crippen LogP contribution in [0.1, 0.15) is 6.42 Å². The van der Waals surface area contributed by atoms with E-state index in [4.69, 9.17) is 0 Å². The number of hydrogen-bond acceptors (Lipinski definition) is 4. The van der Waals surface area contributed by atoms with Gasteiger partial charge in [-0.15, -0.1) is 0 Å². The molecule has 2 aromatic heterocycles. The summed E-state index contributed by atoms with van der Waals surface area (Å²) >= 11 is 0. The molecule has 0 fully saturated rings. The third-order valence-corrected chi connectivity index (χ3v) is 3.71. The van der Waals surface area contributed by atoms with E-state index in [0.29, 0.717) is 6.54 Å². The Balaban J connectivity index is 2.17. The summed E-state index contributed by atoms with van der Waals surface area (Å²) in [4.78, 5) is 41.5. The number of aryl methyl sites for hydroxylation is 1. The predicted octanol–water partition coefficient (Wildman–Crippen LogP) is -2.92. The number of carbonyl (C=O) groups is 1. The molecule has 0 saturated carbocycles. The first-order valence-corrected chi connectivity index (χ1v) is 7.49. The number of carbonyl (C=O) groups excluding carboxylic acids is 1. The lowest BCUT2D eigenvalue weighted by atomic mass is 10.4. The Labute approximate surface area is 133 Å². The number of hydrogen-bond donors (Lipinski definition) is 2. The van der Waals surface area contributed by atoms with Crippen molar-refractivity contribution in [1.82, 2.24) is 24.0 Å². The number of rotatable bonds is 6. The van der Waals surface area contributed by atoms with Gasteiger partial charge in [0.2, 0.25) is 5.91 Å². The molecule has 0 radical (unpaired) electrons. The zero-order chi connectivity index (χ0) is 17.1. The van der Waals surface area contributed by atoms with E-state index < -0.39 is 11.2 Å². The van der Waals surface area contributed by atoms with Crippen LogP contribution in [0.25, 0.3) is 11.2 Å². The van der Waals surface area contributed by atoms with Crippen LogP contribution in [0.3, 0.4) is 0 Å². The lowest BCUT2D eigenvalue weighted by molar-refractivity contribution is -0.858. The van der Waals surface area contributed by atoms with Gasteiger partial charge in [-0.1, -0.05) is 0 Å². The summed E-state index contributed by atoms with van der Waals surface area (Å²) in [5.41, 5.74) is -0.363. The highest BCUT2D eigenvalue weighted by molar-refractivity contribution is 5.78. The van der Waals surface area contributed by atoms with Crippen molar-refractivity contribution in [2.75, 3.05) is 27.2 Å². The van der Waals surface area contributed by atoms with Gasteiger partial charge in [-0.05, 0) is 0 Å². The Morgan fingerprint density at radius 1 is 1.26 bits per heavy atom. The Bertz CT molecular complexity index is 829. The van der Waals surface area contributed by atoms with Crippen molar-refractivity contribution in [2.45, 2.75) is 13.0 Å². The number of nitrogens with one attached hydrogen (secondary N) is 2. The molecule has 0 aliphatic carbocycles. The second-order valence-corrected chi connectivity index (χ2v) is 5.91. The highest BCUT2D eigenvalue weighted by atomic mass is 16.2. The molecule has 0 aliphatic heterocycles. The van der Waals surface area contributed by atoms with Crippen LogP contribution in [-0.4, -0.2) is 51.8 Å². The molecular formula is C14H23N6O3+. The number of imidazole rings is 1. The Morgan fingerprint density at radius 2 is 1.96 bits per heavy atom. The van der Waals surface area contributed by atoms with Gasteiger partial charge in [0.05, 0.1) is 27.0 Å². The van der Waals surface area contributed by atoms with Crippen molar-refractivity contribution in [1.29, 1.82) is 0 Å². The van der Waals surface area contributed by atoms with Crippen molar-refractivity contribution < 1.29 is 9.69 Å². The molecule has 23 heavy (non-hydrogen) atoms. The minimum Gasteiger partial charge on any atom is -0.354 e. The molecule has 2 heterocycles. The molecule has 126 valence electrons. The molecule has 0 atom stereocenters. The number of amides is 1. The van der Waals surface area contributed by atoms with Crippen molar-refractivity contribution in [3.63, 3.8) is 0 Å². The summed E-state index contributed by atoms with van der Waals surface area (Å²) in [5.74, 6) is -0.186. The van der Waals surface area contributed by atoms with Crippen molar-refractivity contribution >= 4 is 17.1 Å². The fourth-order valence-electron chi connectivity index (χ4n) is 2.40. The Kier molecular flexibility index (Phi) is 4.99. The fraction of sp³-hybridized carbons (Fsp3) is 0.571. The van der Waals surface area contributed by atoms with E-state index in [-0.39, 0.29) is 23.6 Å². The van der Waals surface area contributed by atoms with Crippen LogP contribution < -0.4 is 21.5 Å². The van der Waals surface area contributed by atoms with Gasteiger partial charge in [-0.2, -0.15) is 0 Å². The quantitative estimate of drug-likeness (QED) is 0.557. The largest absolute Gasteiger partial charge is 0.354 e. The highest BCUT2D eigenvalue weighted by Gasteiger charge is 2.15. The lowest BCUT2D eigenvalue weighted by Gasteiger charge is -2.09. The van der Waals surface area contributed by atoms with Gasteiger partial charge in [-0.3, -0.25) is 18.7 Å². The second kappa shape index (κ2) is 6.78. The van der Waals surface area contributed by atoms with Gasteiger partial charge in [-0.25, -0.2) is 9.78 Å². The number of aromatic nitrogens is 4. The van der Waals surface area contributed by atoms with E-state index in [1.807, 2.05) is 0 Å². The van der Waals surface area contributed by atoms with Gasteiger partial charge in [0, 0.05) is 27.1 Å². The smallest absolute Gasteiger partial charge is 0.332 e. The molecule has 2 N–H and O–H groups in total. The number of quaternary nitrogens is 1. The van der Waals surface area contributed by atoms with E-state index in [9.17, 15) is 14.4 Å². The molecule has 0 aliphatic rings. The molecule has 0 unspecified atom stereocenters. The van der Waals surface area contributed by atoms with Gasteiger partial charge < -0.3 is 14.8 Å². The van der Waals surface area contributed by atoms with Crippen LogP contribution in [0, 0.1) is 0 Å². The van der Waals surface area contributed by atoms with Crippen molar-refractivity contribution in [3.8, 4) is 0 Å². The van der Waals surface area contributed by atoms with Crippen LogP contribution >= 0.6 is 0 Å². The summed E-state index contributed by atoms with van der Waals surface area (Å²) in [6.45, 7) is 1.56. The summed E-state index contributed by atoms with van der Waals surface area (Å²) in [6, 6.07) is 0. The molecule has 0 saturated heterocycles. The summed E-state index contributed by atoms with van der Waals surface area (Å²) in [7, 11) is 7.06. The van der Waals surface area contributed by atoms with Crippen LogP contribution in [0.5, 0.6) is 0 Å². The average Bonchev–Trinajstić information content (AvgIpc) is 2.91. The SMILES string of the molecule is Cn1c(=O)c2c(ncn2CC(=O)NCCC[NH+](C)C)n(C)c1=O. The van der Waals surface area contributed by atoms with E-state index in [1.165, 1.54) is 27.4 Å². The van der Waals surface area contributed by atoms with Gasteiger partial charge in [0.25, 0.3) is 5.56 Å². The van der Waals surface area contributed by atoms with Crippen LogP contribution in [0.4, 0.5) is 0 Å². The second-order valence-electron chi connectivity index (χ2n) is 5.91. The zero-order valence-electron chi connectivity index (χ0n) is 13.9. The first-order valence-electron chi connectivity index (χ1n) is 7.49. The van der Waals surface area contributed by atoms with E-state index in [1.54, 1.807) is 7.05 Å². The fourth-order valence-corrected chi connectivity index (χ4v) is 2.40. The highest BCUT2D eigenvalue weighted by Crippen LogP contribution is 2.04. The molecule has 2 aromatic rings. The topological polar surface area (TPSA) is 95.4 Å². The van der Waals surface area contributed by atoms with E-state index in [2.05, 4.69) is 24.4 Å². The van der Waals surface area contributed by atoms with Crippen LogP contribution in [0.15, 0.2) is 15.9 Å². The normalized spacial score (nSPS) is 11.3. The molecule has 9 heteroatoms. The molecule has 1 amide bonds. The average molecular weight is 323 g/mol. The predicted molar refractivity (Wildman–Crippen MR) is 85.5 cm³/mol. The van der Waals surface area contributed by atoms with E-state index in [0.717, 1.165) is 17.5 Å². The van der Waals surface area contributed by atoms with Gasteiger partial charge in [0.15, 0.2) is 11.2 Å². The number of fused-ring (bicyclic) bond motifs is 1. The molecule has 0 bridgehead atoms. The van der Waals surface area contributed by atoms with Gasteiger partial charge in [0.1, 0.15) is 6.54 Å².